The molecule has 2 rings (SSSR count). The van der Waals surface area contributed by atoms with Crippen LogP contribution < -0.4 is 5.32 Å². The second kappa shape index (κ2) is 5.32. The van der Waals surface area contributed by atoms with Crippen LogP contribution in [0.3, 0.4) is 0 Å². The predicted octanol–water partition coefficient (Wildman–Crippen LogP) is 2.08. The Balaban J connectivity index is 1.96. The molecule has 88 valence electrons. The van der Waals surface area contributed by atoms with E-state index in [1.807, 2.05) is 18.2 Å². The molecular weight excluding hydrogens is 202 g/mol. The maximum atomic E-state index is 9.08. The van der Waals surface area contributed by atoms with E-state index in [9.17, 15) is 0 Å². The van der Waals surface area contributed by atoms with E-state index < -0.39 is 0 Å². The van der Waals surface area contributed by atoms with Crippen LogP contribution in [-0.4, -0.2) is 24.4 Å². The minimum absolute atomic E-state index is 0.0922. The Kier molecular flexibility index (Phi) is 3.80. The van der Waals surface area contributed by atoms with Crippen LogP contribution in [0.25, 0.3) is 0 Å². The van der Waals surface area contributed by atoms with Crippen LogP contribution in [-0.2, 0) is 11.3 Å². The number of aliphatic hydroxyl groups excluding tert-OH is 1. The van der Waals surface area contributed by atoms with Gasteiger partial charge in [-0.3, -0.25) is 0 Å². The second-order valence-corrected chi connectivity index (χ2v) is 4.32. The van der Waals surface area contributed by atoms with Crippen molar-refractivity contribution in [2.45, 2.75) is 32.5 Å². The Bertz CT molecular complexity index is 346. The van der Waals surface area contributed by atoms with Gasteiger partial charge in [-0.15, -0.1) is 0 Å². The van der Waals surface area contributed by atoms with Crippen LogP contribution in [0.15, 0.2) is 18.2 Å². The number of ether oxygens (including phenoxy) is 1. The van der Waals surface area contributed by atoms with E-state index in [0.29, 0.717) is 6.10 Å². The van der Waals surface area contributed by atoms with Crippen LogP contribution in [0.2, 0.25) is 0 Å². The third kappa shape index (κ3) is 2.74. The van der Waals surface area contributed by atoms with E-state index in [2.05, 4.69) is 12.2 Å². The average molecular weight is 221 g/mol. The van der Waals surface area contributed by atoms with E-state index in [4.69, 9.17) is 9.84 Å². The number of rotatable bonds is 4. The molecule has 0 aromatic heterocycles. The van der Waals surface area contributed by atoms with Gasteiger partial charge in [-0.2, -0.15) is 0 Å². The highest BCUT2D eigenvalue weighted by Gasteiger charge is 2.15. The summed E-state index contributed by atoms with van der Waals surface area (Å²) in [4.78, 5) is 0. The van der Waals surface area contributed by atoms with Crippen molar-refractivity contribution >= 4 is 5.69 Å². The van der Waals surface area contributed by atoms with Gasteiger partial charge in [0.1, 0.15) is 0 Å². The SMILES string of the molecule is Cc1ccc(CO)cc1NCC1CCCO1. The van der Waals surface area contributed by atoms with Crippen LogP contribution >= 0.6 is 0 Å². The molecule has 0 bridgehead atoms. The van der Waals surface area contributed by atoms with Crippen molar-refractivity contribution in [3.8, 4) is 0 Å². The van der Waals surface area contributed by atoms with Gasteiger partial charge in [0.15, 0.2) is 0 Å². The summed E-state index contributed by atoms with van der Waals surface area (Å²) in [5, 5.41) is 12.5. The molecule has 1 saturated heterocycles. The maximum Gasteiger partial charge on any atom is 0.0748 e. The predicted molar refractivity (Wildman–Crippen MR) is 64.6 cm³/mol. The van der Waals surface area contributed by atoms with E-state index in [1.54, 1.807) is 0 Å². The quantitative estimate of drug-likeness (QED) is 0.818. The highest BCUT2D eigenvalue weighted by molar-refractivity contribution is 5.52. The smallest absolute Gasteiger partial charge is 0.0748 e. The number of anilines is 1. The fourth-order valence-corrected chi connectivity index (χ4v) is 1.99. The highest BCUT2D eigenvalue weighted by Crippen LogP contribution is 2.19. The molecule has 0 radical (unpaired) electrons. The lowest BCUT2D eigenvalue weighted by Crippen LogP contribution is -2.18. The number of hydrogen-bond acceptors (Lipinski definition) is 3. The Morgan fingerprint density at radius 1 is 1.50 bits per heavy atom. The zero-order chi connectivity index (χ0) is 11.4. The minimum Gasteiger partial charge on any atom is -0.392 e. The lowest BCUT2D eigenvalue weighted by molar-refractivity contribution is 0.120. The van der Waals surface area contributed by atoms with E-state index in [1.165, 1.54) is 12.0 Å². The van der Waals surface area contributed by atoms with Crippen molar-refractivity contribution in [1.29, 1.82) is 0 Å². The molecule has 0 saturated carbocycles. The van der Waals surface area contributed by atoms with Crippen molar-refractivity contribution in [3.63, 3.8) is 0 Å². The molecule has 0 amide bonds. The monoisotopic (exact) mass is 221 g/mol. The first kappa shape index (κ1) is 11.4. The van der Waals surface area contributed by atoms with Crippen LogP contribution in [0.5, 0.6) is 0 Å². The Labute approximate surface area is 96.4 Å². The molecule has 0 aliphatic carbocycles. The topological polar surface area (TPSA) is 41.5 Å². The minimum atomic E-state index is 0.0922. The number of hydrogen-bond donors (Lipinski definition) is 2. The van der Waals surface area contributed by atoms with E-state index in [-0.39, 0.29) is 6.61 Å². The normalized spacial score (nSPS) is 20.0. The molecule has 1 unspecified atom stereocenters. The summed E-state index contributed by atoms with van der Waals surface area (Å²) in [5.41, 5.74) is 3.25. The molecular formula is C13H19NO2. The molecule has 1 atom stereocenters. The average Bonchev–Trinajstić information content (AvgIpc) is 2.81. The summed E-state index contributed by atoms with van der Waals surface area (Å²) >= 11 is 0. The largest absolute Gasteiger partial charge is 0.392 e. The van der Waals surface area contributed by atoms with E-state index >= 15 is 0 Å². The standard InChI is InChI=1S/C13H19NO2/c1-10-4-5-11(9-15)7-13(10)14-8-12-3-2-6-16-12/h4-5,7,12,14-15H,2-3,6,8-9H2,1H3. The highest BCUT2D eigenvalue weighted by atomic mass is 16.5. The summed E-state index contributed by atoms with van der Waals surface area (Å²) < 4.78 is 5.56. The van der Waals surface area contributed by atoms with E-state index in [0.717, 1.165) is 30.8 Å². The first-order valence-electron chi connectivity index (χ1n) is 5.85. The molecule has 3 nitrogen and oxygen atoms in total. The van der Waals surface area contributed by atoms with Crippen molar-refractivity contribution in [1.82, 2.24) is 0 Å². The first-order chi connectivity index (χ1) is 7.79. The lowest BCUT2D eigenvalue weighted by atomic mass is 10.1. The van der Waals surface area contributed by atoms with Crippen molar-refractivity contribution in [2.75, 3.05) is 18.5 Å². The Hall–Kier alpha value is -1.06. The Morgan fingerprint density at radius 3 is 3.06 bits per heavy atom. The molecule has 1 fully saturated rings. The molecule has 16 heavy (non-hydrogen) atoms. The zero-order valence-corrected chi connectivity index (χ0v) is 9.70. The van der Waals surface area contributed by atoms with Crippen LogP contribution in [0.1, 0.15) is 24.0 Å². The van der Waals surface area contributed by atoms with Gasteiger partial charge < -0.3 is 15.2 Å². The van der Waals surface area contributed by atoms with Gasteiger partial charge in [-0.25, -0.2) is 0 Å². The summed E-state index contributed by atoms with van der Waals surface area (Å²) in [6, 6.07) is 5.99. The fourth-order valence-electron chi connectivity index (χ4n) is 1.99. The van der Waals surface area contributed by atoms with Gasteiger partial charge in [0.05, 0.1) is 12.7 Å². The zero-order valence-electron chi connectivity index (χ0n) is 9.70. The molecule has 1 aliphatic heterocycles. The maximum absolute atomic E-state index is 9.08. The molecule has 2 N–H and O–H groups in total. The number of benzene rings is 1. The second-order valence-electron chi connectivity index (χ2n) is 4.32. The Morgan fingerprint density at radius 2 is 2.38 bits per heavy atom. The molecule has 0 spiro atoms. The summed E-state index contributed by atoms with van der Waals surface area (Å²) in [5.74, 6) is 0. The van der Waals surface area contributed by atoms with Crippen molar-refractivity contribution in [3.05, 3.63) is 29.3 Å². The third-order valence-electron chi connectivity index (χ3n) is 3.03. The van der Waals surface area contributed by atoms with Gasteiger partial charge in [-0.05, 0) is 37.0 Å². The van der Waals surface area contributed by atoms with Gasteiger partial charge in [0.2, 0.25) is 0 Å². The summed E-state index contributed by atoms with van der Waals surface area (Å²) in [6.07, 6.45) is 2.66. The molecule has 3 heteroatoms. The van der Waals surface area contributed by atoms with Crippen molar-refractivity contribution < 1.29 is 9.84 Å². The number of nitrogens with one attached hydrogen (secondary N) is 1. The molecule has 1 aromatic carbocycles. The lowest BCUT2D eigenvalue weighted by Gasteiger charge is -2.14. The van der Waals surface area contributed by atoms with Crippen molar-refractivity contribution in [2.24, 2.45) is 0 Å². The first-order valence-corrected chi connectivity index (χ1v) is 5.85. The van der Waals surface area contributed by atoms with Crippen LogP contribution in [0.4, 0.5) is 5.69 Å². The molecule has 1 aliphatic rings. The van der Waals surface area contributed by atoms with Gasteiger partial charge >= 0.3 is 0 Å². The van der Waals surface area contributed by atoms with Gasteiger partial charge in [0.25, 0.3) is 0 Å². The molecule has 1 heterocycles. The summed E-state index contributed by atoms with van der Waals surface area (Å²) in [6.45, 7) is 3.91. The van der Waals surface area contributed by atoms with Crippen LogP contribution in [0, 0.1) is 6.92 Å². The third-order valence-corrected chi connectivity index (χ3v) is 3.03. The number of aryl methyl sites for hydroxylation is 1. The summed E-state index contributed by atoms with van der Waals surface area (Å²) in [7, 11) is 0. The fraction of sp³-hybridized carbons (Fsp3) is 0.538. The molecule has 1 aromatic rings. The number of aliphatic hydroxyl groups is 1. The van der Waals surface area contributed by atoms with Gasteiger partial charge in [-0.1, -0.05) is 12.1 Å². The van der Waals surface area contributed by atoms with Gasteiger partial charge in [0, 0.05) is 18.8 Å².